The molecular formula is C12H11NO3. The van der Waals surface area contributed by atoms with E-state index in [0.717, 1.165) is 5.52 Å². The van der Waals surface area contributed by atoms with Crippen molar-refractivity contribution < 1.29 is 14.6 Å². The minimum absolute atomic E-state index is 0.0773. The molecule has 16 heavy (non-hydrogen) atoms. The minimum Gasteiger partial charge on any atom is -0.506 e. The number of carbonyl (C=O) groups is 1. The summed E-state index contributed by atoms with van der Waals surface area (Å²) in [7, 11) is 0. The number of nitrogens with zero attached hydrogens (tertiary/aromatic N) is 1. The van der Waals surface area contributed by atoms with Gasteiger partial charge in [-0.1, -0.05) is 0 Å². The Morgan fingerprint density at radius 3 is 3.00 bits per heavy atom. The zero-order chi connectivity index (χ0) is 11.5. The van der Waals surface area contributed by atoms with E-state index in [1.165, 1.54) is 6.20 Å². The van der Waals surface area contributed by atoms with Crippen molar-refractivity contribution in [2.45, 2.75) is 6.92 Å². The maximum absolute atomic E-state index is 11.5. The third-order valence-electron chi connectivity index (χ3n) is 2.18. The average molecular weight is 217 g/mol. The number of aromatic nitrogens is 1. The maximum Gasteiger partial charge on any atom is 0.338 e. The first kappa shape index (κ1) is 10.4. The van der Waals surface area contributed by atoms with Crippen molar-refractivity contribution in [3.8, 4) is 5.75 Å². The van der Waals surface area contributed by atoms with Crippen molar-refractivity contribution in [1.82, 2.24) is 4.98 Å². The van der Waals surface area contributed by atoms with E-state index in [1.54, 1.807) is 31.2 Å². The van der Waals surface area contributed by atoms with Gasteiger partial charge in [0.05, 0.1) is 23.9 Å². The predicted molar refractivity (Wildman–Crippen MR) is 59.4 cm³/mol. The lowest BCUT2D eigenvalue weighted by molar-refractivity contribution is 0.0526. The van der Waals surface area contributed by atoms with E-state index in [2.05, 4.69) is 4.98 Å². The van der Waals surface area contributed by atoms with Crippen LogP contribution in [0.4, 0.5) is 0 Å². The molecule has 0 bridgehead atoms. The molecule has 0 aliphatic carbocycles. The lowest BCUT2D eigenvalue weighted by Crippen LogP contribution is -2.04. The van der Waals surface area contributed by atoms with Crippen LogP contribution in [0.1, 0.15) is 17.3 Å². The molecule has 4 heteroatoms. The summed E-state index contributed by atoms with van der Waals surface area (Å²) in [6, 6.07) is 6.59. The highest BCUT2D eigenvalue weighted by Gasteiger charge is 2.07. The standard InChI is InChI=1S/C12H11NO3/c1-2-16-12(15)8-3-4-11-9(5-8)6-10(14)7-13-11/h3-7,14H,2H2,1H3. The van der Waals surface area contributed by atoms with Crippen LogP contribution in [0.3, 0.4) is 0 Å². The Bertz CT molecular complexity index is 537. The van der Waals surface area contributed by atoms with Gasteiger partial charge in [-0.3, -0.25) is 4.98 Å². The molecule has 1 N–H and O–H groups in total. The van der Waals surface area contributed by atoms with Crippen molar-refractivity contribution >= 4 is 16.9 Å². The van der Waals surface area contributed by atoms with Crippen LogP contribution in [0.25, 0.3) is 10.9 Å². The van der Waals surface area contributed by atoms with Gasteiger partial charge >= 0.3 is 5.97 Å². The van der Waals surface area contributed by atoms with Gasteiger partial charge in [0.25, 0.3) is 0 Å². The number of ether oxygens (including phenoxy) is 1. The van der Waals surface area contributed by atoms with Crippen LogP contribution < -0.4 is 0 Å². The molecule has 1 aromatic heterocycles. The molecular weight excluding hydrogens is 206 g/mol. The number of hydrogen-bond acceptors (Lipinski definition) is 4. The van der Waals surface area contributed by atoms with Crippen LogP contribution in [0.15, 0.2) is 30.5 Å². The average Bonchev–Trinajstić information content (AvgIpc) is 2.28. The highest BCUT2D eigenvalue weighted by atomic mass is 16.5. The predicted octanol–water partition coefficient (Wildman–Crippen LogP) is 2.12. The minimum atomic E-state index is -0.368. The van der Waals surface area contributed by atoms with Gasteiger partial charge in [-0.05, 0) is 31.2 Å². The molecule has 4 nitrogen and oxygen atoms in total. The molecule has 0 aliphatic heterocycles. The number of rotatable bonds is 2. The molecule has 0 radical (unpaired) electrons. The van der Waals surface area contributed by atoms with Gasteiger partial charge in [0.15, 0.2) is 0 Å². The van der Waals surface area contributed by atoms with Gasteiger partial charge in [-0.2, -0.15) is 0 Å². The molecule has 1 heterocycles. The third kappa shape index (κ3) is 1.95. The summed E-state index contributed by atoms with van der Waals surface area (Å²) in [4.78, 5) is 15.5. The van der Waals surface area contributed by atoms with Gasteiger partial charge in [-0.25, -0.2) is 4.79 Å². The Balaban J connectivity index is 2.46. The smallest absolute Gasteiger partial charge is 0.338 e. The van der Waals surface area contributed by atoms with E-state index in [0.29, 0.717) is 17.6 Å². The van der Waals surface area contributed by atoms with Crippen LogP contribution in [0.2, 0.25) is 0 Å². The first-order valence-corrected chi connectivity index (χ1v) is 4.96. The lowest BCUT2D eigenvalue weighted by Gasteiger charge is -2.03. The van der Waals surface area contributed by atoms with Crippen molar-refractivity contribution in [2.75, 3.05) is 6.61 Å². The fraction of sp³-hybridized carbons (Fsp3) is 0.167. The Labute approximate surface area is 92.5 Å². The highest BCUT2D eigenvalue weighted by Crippen LogP contribution is 2.18. The zero-order valence-corrected chi connectivity index (χ0v) is 8.80. The molecule has 2 aromatic rings. The molecule has 0 saturated heterocycles. The summed E-state index contributed by atoms with van der Waals surface area (Å²) in [5.74, 6) is -0.291. The van der Waals surface area contributed by atoms with Crippen LogP contribution >= 0.6 is 0 Å². The Morgan fingerprint density at radius 1 is 1.44 bits per heavy atom. The highest BCUT2D eigenvalue weighted by molar-refractivity contribution is 5.94. The van der Waals surface area contributed by atoms with E-state index in [-0.39, 0.29) is 11.7 Å². The second-order valence-electron chi connectivity index (χ2n) is 3.32. The second-order valence-corrected chi connectivity index (χ2v) is 3.32. The molecule has 0 unspecified atom stereocenters. The molecule has 0 spiro atoms. The van der Waals surface area contributed by atoms with E-state index < -0.39 is 0 Å². The van der Waals surface area contributed by atoms with Gasteiger partial charge in [0, 0.05) is 5.39 Å². The number of hydrogen-bond donors (Lipinski definition) is 1. The van der Waals surface area contributed by atoms with Crippen molar-refractivity contribution in [3.05, 3.63) is 36.0 Å². The summed E-state index contributed by atoms with van der Waals surface area (Å²) in [6.45, 7) is 2.10. The van der Waals surface area contributed by atoms with E-state index in [4.69, 9.17) is 4.74 Å². The molecule has 0 atom stereocenters. The third-order valence-corrected chi connectivity index (χ3v) is 2.18. The molecule has 2 rings (SSSR count). The van der Waals surface area contributed by atoms with Crippen molar-refractivity contribution in [3.63, 3.8) is 0 Å². The first-order valence-electron chi connectivity index (χ1n) is 4.96. The monoisotopic (exact) mass is 217 g/mol. The van der Waals surface area contributed by atoms with E-state index in [9.17, 15) is 9.90 Å². The molecule has 0 saturated carbocycles. The summed E-state index contributed by atoms with van der Waals surface area (Å²) in [5.41, 5.74) is 1.19. The number of carbonyl (C=O) groups excluding carboxylic acids is 1. The summed E-state index contributed by atoms with van der Waals surface area (Å²) < 4.78 is 4.89. The summed E-state index contributed by atoms with van der Waals surface area (Å²) in [5, 5.41) is 10.00. The summed E-state index contributed by atoms with van der Waals surface area (Å²) in [6.07, 6.45) is 1.37. The van der Waals surface area contributed by atoms with Crippen LogP contribution in [-0.4, -0.2) is 22.7 Å². The van der Waals surface area contributed by atoms with Crippen LogP contribution in [0, 0.1) is 0 Å². The molecule has 0 aliphatic rings. The van der Waals surface area contributed by atoms with Gasteiger partial charge in [-0.15, -0.1) is 0 Å². The maximum atomic E-state index is 11.5. The lowest BCUT2D eigenvalue weighted by atomic mass is 10.1. The van der Waals surface area contributed by atoms with Gasteiger partial charge < -0.3 is 9.84 Å². The fourth-order valence-electron chi connectivity index (χ4n) is 1.46. The molecule has 82 valence electrons. The SMILES string of the molecule is CCOC(=O)c1ccc2ncc(O)cc2c1. The first-order chi connectivity index (χ1) is 7.70. The van der Waals surface area contributed by atoms with Gasteiger partial charge in [0.2, 0.25) is 0 Å². The van der Waals surface area contributed by atoms with Crippen molar-refractivity contribution in [2.24, 2.45) is 0 Å². The number of benzene rings is 1. The topological polar surface area (TPSA) is 59.4 Å². The second kappa shape index (κ2) is 4.18. The van der Waals surface area contributed by atoms with E-state index >= 15 is 0 Å². The molecule has 1 aromatic carbocycles. The summed E-state index contributed by atoms with van der Waals surface area (Å²) >= 11 is 0. The van der Waals surface area contributed by atoms with Crippen LogP contribution in [-0.2, 0) is 4.74 Å². The Hall–Kier alpha value is -2.10. The number of fused-ring (bicyclic) bond motifs is 1. The largest absolute Gasteiger partial charge is 0.506 e. The Kier molecular flexibility index (Phi) is 2.72. The zero-order valence-electron chi connectivity index (χ0n) is 8.80. The quantitative estimate of drug-likeness (QED) is 0.783. The number of pyridine rings is 1. The number of aromatic hydroxyl groups is 1. The number of esters is 1. The van der Waals surface area contributed by atoms with Crippen molar-refractivity contribution in [1.29, 1.82) is 0 Å². The van der Waals surface area contributed by atoms with Gasteiger partial charge in [0.1, 0.15) is 5.75 Å². The molecule has 0 amide bonds. The van der Waals surface area contributed by atoms with E-state index in [1.807, 2.05) is 0 Å². The fourth-order valence-corrected chi connectivity index (χ4v) is 1.46. The molecule has 0 fully saturated rings. The van der Waals surface area contributed by atoms with Crippen LogP contribution in [0.5, 0.6) is 5.75 Å². The normalized spacial score (nSPS) is 10.3. The Morgan fingerprint density at radius 2 is 2.25 bits per heavy atom.